The van der Waals surface area contributed by atoms with Gasteiger partial charge in [-0.25, -0.2) is 4.98 Å². The number of unbranched alkanes of at least 4 members (excludes halogenated alkanes) is 4. The Hall–Kier alpha value is -4.51. The van der Waals surface area contributed by atoms with Crippen LogP contribution in [0.1, 0.15) is 140 Å². The van der Waals surface area contributed by atoms with Gasteiger partial charge in [-0.15, -0.1) is 22.7 Å². The van der Waals surface area contributed by atoms with E-state index in [-0.39, 0.29) is 0 Å². The Kier molecular flexibility index (Phi) is 15.3. The Labute approximate surface area is 332 Å². The third-order valence-corrected chi connectivity index (χ3v) is 11.3. The maximum atomic E-state index is 10.4. The number of nitrogens with zero attached hydrogens (tertiary/aromatic N) is 3. The Balaban J connectivity index is 1.64. The minimum absolute atomic E-state index is 0.773. The lowest BCUT2D eigenvalue weighted by molar-refractivity contribution is 0.143. The topological polar surface area (TPSA) is 58.9 Å². The molecule has 278 valence electrons. The van der Waals surface area contributed by atoms with Crippen LogP contribution in [0.25, 0.3) is 22.8 Å². The standard InChI is InChI=1S/C48H53N3OS2/c1-7-11-19-36-37(20-12-8-2)45(27-28-46-38(21-13-9-3)39(22-14-10-4)47(54-46)29-30-48(5,6)52)53-44(36)26-25-35-33-42(40-23-15-17-31-49-40)51-43(34-35)41-24-16-18-32-50-41/h15-18,23-24,31-34,52H,7-14,19-22H2,1-6H3. The molecule has 0 radical (unpaired) electrons. The maximum Gasteiger partial charge on any atom is 0.120 e. The molecule has 5 aromatic rings. The second kappa shape index (κ2) is 20.2. The van der Waals surface area contributed by atoms with Crippen molar-refractivity contribution >= 4 is 22.7 Å². The fraction of sp³-hybridized carbons (Fsp3) is 0.396. The van der Waals surface area contributed by atoms with Crippen molar-refractivity contribution < 1.29 is 5.11 Å². The molecule has 0 atom stereocenters. The van der Waals surface area contributed by atoms with Crippen LogP contribution < -0.4 is 0 Å². The highest BCUT2D eigenvalue weighted by Gasteiger charge is 2.19. The van der Waals surface area contributed by atoms with Crippen molar-refractivity contribution in [2.45, 2.75) is 124 Å². The number of hydrogen-bond donors (Lipinski definition) is 1. The van der Waals surface area contributed by atoms with Gasteiger partial charge in [-0.2, -0.15) is 0 Å². The van der Waals surface area contributed by atoms with Crippen molar-refractivity contribution in [1.29, 1.82) is 0 Å². The largest absolute Gasteiger partial charge is 0.378 e. The van der Waals surface area contributed by atoms with E-state index in [1.165, 1.54) is 22.3 Å². The van der Waals surface area contributed by atoms with E-state index in [0.717, 1.165) is 125 Å². The summed E-state index contributed by atoms with van der Waals surface area (Å²) in [6, 6.07) is 15.8. The molecular weight excluding hydrogens is 699 g/mol. The van der Waals surface area contributed by atoms with Gasteiger partial charge < -0.3 is 5.11 Å². The molecule has 6 heteroatoms. The van der Waals surface area contributed by atoms with E-state index >= 15 is 0 Å². The Morgan fingerprint density at radius 1 is 0.537 bits per heavy atom. The number of rotatable bonds is 14. The monoisotopic (exact) mass is 751 g/mol. The van der Waals surface area contributed by atoms with Gasteiger partial charge in [-0.3, -0.25) is 9.97 Å². The summed E-state index contributed by atoms with van der Waals surface area (Å²) in [6.45, 7) is 12.5. The molecule has 0 aliphatic heterocycles. The lowest BCUT2D eigenvalue weighted by atomic mass is 9.97. The number of thiophene rings is 2. The molecule has 0 fully saturated rings. The molecule has 54 heavy (non-hydrogen) atoms. The molecular formula is C48H53N3OS2. The molecule has 4 nitrogen and oxygen atoms in total. The summed E-state index contributed by atoms with van der Waals surface area (Å²) >= 11 is 3.45. The van der Waals surface area contributed by atoms with Crippen molar-refractivity contribution in [2.75, 3.05) is 0 Å². The number of pyridine rings is 3. The molecule has 0 spiro atoms. The van der Waals surface area contributed by atoms with E-state index in [9.17, 15) is 5.11 Å². The second-order valence-corrected chi connectivity index (χ2v) is 16.3. The van der Waals surface area contributed by atoms with Crippen LogP contribution in [-0.4, -0.2) is 25.7 Å². The second-order valence-electron chi connectivity index (χ2n) is 14.2. The summed E-state index contributed by atoms with van der Waals surface area (Å²) < 4.78 is 0. The van der Waals surface area contributed by atoms with Crippen LogP contribution in [-0.2, 0) is 25.7 Å². The molecule has 1 N–H and O–H groups in total. The summed E-state index contributed by atoms with van der Waals surface area (Å²) in [7, 11) is 0. The predicted octanol–water partition coefficient (Wildman–Crippen LogP) is 11.6. The molecule has 0 aromatic carbocycles. The van der Waals surface area contributed by atoms with Crippen molar-refractivity contribution in [3.8, 4) is 58.3 Å². The molecule has 0 amide bonds. The van der Waals surface area contributed by atoms with Crippen LogP contribution in [0.3, 0.4) is 0 Å². The molecule has 5 rings (SSSR count). The van der Waals surface area contributed by atoms with Gasteiger partial charge in [0.15, 0.2) is 0 Å². The Bertz CT molecular complexity index is 2110. The fourth-order valence-electron chi connectivity index (χ4n) is 6.22. The van der Waals surface area contributed by atoms with Gasteiger partial charge in [0.25, 0.3) is 0 Å². The van der Waals surface area contributed by atoms with Crippen LogP contribution in [0.5, 0.6) is 0 Å². The summed E-state index contributed by atoms with van der Waals surface area (Å²) in [5.74, 6) is 21.0. The predicted molar refractivity (Wildman–Crippen MR) is 229 cm³/mol. The molecule has 0 saturated heterocycles. The highest BCUT2D eigenvalue weighted by molar-refractivity contribution is 7.14. The normalized spacial score (nSPS) is 10.9. The first-order valence-electron chi connectivity index (χ1n) is 19.7. The highest BCUT2D eigenvalue weighted by Crippen LogP contribution is 2.34. The van der Waals surface area contributed by atoms with Crippen LogP contribution in [0.15, 0.2) is 60.9 Å². The van der Waals surface area contributed by atoms with E-state index in [4.69, 9.17) is 4.98 Å². The number of aliphatic hydroxyl groups is 1. The van der Waals surface area contributed by atoms with Gasteiger partial charge >= 0.3 is 0 Å². The van der Waals surface area contributed by atoms with Gasteiger partial charge in [0.1, 0.15) is 5.60 Å². The first-order valence-corrected chi connectivity index (χ1v) is 21.3. The van der Waals surface area contributed by atoms with Crippen molar-refractivity contribution in [3.63, 3.8) is 0 Å². The lowest BCUT2D eigenvalue weighted by Crippen LogP contribution is -2.14. The molecule has 5 heterocycles. The van der Waals surface area contributed by atoms with Gasteiger partial charge in [0.2, 0.25) is 0 Å². The quantitative estimate of drug-likeness (QED) is 0.115. The van der Waals surface area contributed by atoms with Crippen molar-refractivity contribution in [2.24, 2.45) is 0 Å². The van der Waals surface area contributed by atoms with Crippen LogP contribution in [0, 0.1) is 35.5 Å². The molecule has 0 aliphatic rings. The minimum atomic E-state index is -1.05. The molecule has 0 saturated carbocycles. The Morgan fingerprint density at radius 2 is 0.926 bits per heavy atom. The smallest absolute Gasteiger partial charge is 0.120 e. The van der Waals surface area contributed by atoms with Crippen LogP contribution >= 0.6 is 22.7 Å². The molecule has 0 bridgehead atoms. The van der Waals surface area contributed by atoms with Gasteiger partial charge in [-0.1, -0.05) is 89.2 Å². The summed E-state index contributed by atoms with van der Waals surface area (Å²) in [6.07, 6.45) is 16.5. The van der Waals surface area contributed by atoms with Gasteiger partial charge in [0, 0.05) is 18.0 Å². The van der Waals surface area contributed by atoms with E-state index in [0.29, 0.717) is 0 Å². The highest BCUT2D eigenvalue weighted by atomic mass is 32.1. The maximum absolute atomic E-state index is 10.4. The van der Waals surface area contributed by atoms with Gasteiger partial charge in [-0.05, 0) is 136 Å². The minimum Gasteiger partial charge on any atom is -0.378 e. The number of hydrogen-bond acceptors (Lipinski definition) is 6. The zero-order valence-corrected chi connectivity index (χ0v) is 34.5. The third-order valence-electron chi connectivity index (χ3n) is 9.13. The van der Waals surface area contributed by atoms with E-state index in [1.54, 1.807) is 48.9 Å². The number of aromatic nitrogens is 3. The van der Waals surface area contributed by atoms with Gasteiger partial charge in [0.05, 0.1) is 42.3 Å². The average Bonchev–Trinajstić information content (AvgIpc) is 3.70. The first-order chi connectivity index (χ1) is 26.2. The first kappa shape index (κ1) is 40.7. The summed E-state index contributed by atoms with van der Waals surface area (Å²) in [5.41, 5.74) is 8.39. The zero-order chi connectivity index (χ0) is 38.3. The van der Waals surface area contributed by atoms with E-state index in [1.807, 2.05) is 48.5 Å². The van der Waals surface area contributed by atoms with Crippen LogP contribution in [0.2, 0.25) is 0 Å². The van der Waals surface area contributed by atoms with Crippen LogP contribution in [0.4, 0.5) is 0 Å². The van der Waals surface area contributed by atoms with Crippen molar-refractivity contribution in [3.05, 3.63) is 108 Å². The summed E-state index contributed by atoms with van der Waals surface area (Å²) in [4.78, 5) is 18.5. The Morgan fingerprint density at radius 3 is 1.28 bits per heavy atom. The van der Waals surface area contributed by atoms with E-state index in [2.05, 4.69) is 73.2 Å². The van der Waals surface area contributed by atoms with E-state index < -0.39 is 5.60 Å². The zero-order valence-electron chi connectivity index (χ0n) is 32.9. The third kappa shape index (κ3) is 11.3. The lowest BCUT2D eigenvalue weighted by Gasteiger charge is -2.07. The SMILES string of the molecule is CCCCc1c(C#Cc2cc(-c3ccccn3)nc(-c3ccccn3)c2)sc(C#Cc2sc(C#CC(C)(C)O)c(CCCC)c2CCCC)c1CCCC. The fourth-order valence-corrected chi connectivity index (χ4v) is 8.43. The molecule has 0 aliphatic carbocycles. The molecule has 0 unspecified atom stereocenters. The van der Waals surface area contributed by atoms with Crippen molar-refractivity contribution in [1.82, 2.24) is 15.0 Å². The average molecular weight is 752 g/mol. The molecule has 5 aromatic heterocycles. The summed E-state index contributed by atoms with van der Waals surface area (Å²) in [5, 5.41) is 10.4.